The smallest absolute Gasteiger partial charge is 0.313 e. The Labute approximate surface area is 125 Å². The molecular weight excluding hydrogens is 354 g/mol. The molecular formula is C12H9BrF2N2O2S. The third-order valence-electron chi connectivity index (χ3n) is 2.33. The van der Waals surface area contributed by atoms with Crippen molar-refractivity contribution in [1.82, 2.24) is 9.78 Å². The lowest BCUT2D eigenvalue weighted by Gasteiger charge is -2.06. The molecule has 2 rings (SSSR count). The SMILES string of the molecule is O=C(O)CSc1cc(C(F)F)nn1-c1ccc(Br)cc1. The zero-order valence-electron chi connectivity index (χ0n) is 9.96. The number of aliphatic carboxylic acids is 1. The van der Waals surface area contributed by atoms with Gasteiger partial charge >= 0.3 is 5.97 Å². The molecule has 20 heavy (non-hydrogen) atoms. The van der Waals surface area contributed by atoms with Gasteiger partial charge < -0.3 is 5.11 Å². The van der Waals surface area contributed by atoms with Crippen LogP contribution in [0.3, 0.4) is 0 Å². The van der Waals surface area contributed by atoms with Gasteiger partial charge in [-0.3, -0.25) is 4.79 Å². The highest BCUT2D eigenvalue weighted by Gasteiger charge is 2.17. The lowest BCUT2D eigenvalue weighted by Crippen LogP contribution is -2.02. The normalized spacial score (nSPS) is 11.0. The molecule has 0 aliphatic heterocycles. The molecule has 8 heteroatoms. The molecule has 0 amide bonds. The maximum absolute atomic E-state index is 12.7. The predicted molar refractivity (Wildman–Crippen MR) is 74.6 cm³/mol. The van der Waals surface area contributed by atoms with Crippen molar-refractivity contribution in [3.8, 4) is 5.69 Å². The molecule has 1 aromatic heterocycles. The molecule has 0 radical (unpaired) electrons. The number of carbonyl (C=O) groups is 1. The summed E-state index contributed by atoms with van der Waals surface area (Å²) < 4.78 is 27.6. The van der Waals surface area contributed by atoms with Gasteiger partial charge in [0.05, 0.1) is 11.4 Å². The summed E-state index contributed by atoms with van der Waals surface area (Å²) in [5.74, 6) is -1.23. The fraction of sp³-hybridized carbons (Fsp3) is 0.167. The van der Waals surface area contributed by atoms with Crippen LogP contribution in [0.4, 0.5) is 8.78 Å². The lowest BCUT2D eigenvalue weighted by molar-refractivity contribution is -0.133. The van der Waals surface area contributed by atoms with Crippen molar-refractivity contribution in [3.05, 3.63) is 40.5 Å². The number of thioether (sulfide) groups is 1. The first-order valence-electron chi connectivity index (χ1n) is 5.46. The number of aromatic nitrogens is 2. The summed E-state index contributed by atoms with van der Waals surface area (Å²) in [6, 6.07) is 8.13. The maximum Gasteiger partial charge on any atom is 0.313 e. The Balaban J connectivity index is 2.38. The van der Waals surface area contributed by atoms with E-state index in [4.69, 9.17) is 5.11 Å². The molecule has 0 saturated heterocycles. The predicted octanol–water partition coefficient (Wildman–Crippen LogP) is 3.75. The average molecular weight is 363 g/mol. The molecule has 106 valence electrons. The second-order valence-electron chi connectivity index (χ2n) is 3.78. The number of hydrogen-bond donors (Lipinski definition) is 1. The molecule has 1 heterocycles. The minimum atomic E-state index is -2.70. The molecule has 0 unspecified atom stereocenters. The van der Waals surface area contributed by atoms with E-state index in [2.05, 4.69) is 21.0 Å². The molecule has 2 aromatic rings. The highest BCUT2D eigenvalue weighted by Crippen LogP contribution is 2.28. The summed E-state index contributed by atoms with van der Waals surface area (Å²) in [5, 5.41) is 12.9. The quantitative estimate of drug-likeness (QED) is 0.823. The standard InChI is InChI=1S/C12H9BrF2N2O2S/c13-7-1-3-8(4-2-7)17-10(20-6-11(18)19)5-9(16-17)12(14)15/h1-5,12H,6H2,(H,18,19). The lowest BCUT2D eigenvalue weighted by atomic mass is 10.3. The first-order chi connectivity index (χ1) is 9.47. The minimum absolute atomic E-state index is 0.217. The van der Waals surface area contributed by atoms with Gasteiger partial charge in [-0.15, -0.1) is 0 Å². The summed E-state index contributed by atoms with van der Waals surface area (Å²) in [4.78, 5) is 10.6. The highest BCUT2D eigenvalue weighted by atomic mass is 79.9. The average Bonchev–Trinajstić information content (AvgIpc) is 2.81. The summed E-state index contributed by atoms with van der Waals surface area (Å²) in [5.41, 5.74) is 0.216. The summed E-state index contributed by atoms with van der Waals surface area (Å²) in [6.07, 6.45) is -2.70. The summed E-state index contributed by atoms with van der Waals surface area (Å²) >= 11 is 4.23. The number of benzene rings is 1. The van der Waals surface area contributed by atoms with Gasteiger partial charge in [0, 0.05) is 4.47 Å². The zero-order valence-corrected chi connectivity index (χ0v) is 12.4. The van der Waals surface area contributed by atoms with Gasteiger partial charge in [-0.05, 0) is 30.3 Å². The topological polar surface area (TPSA) is 55.1 Å². The van der Waals surface area contributed by atoms with Crippen molar-refractivity contribution in [2.45, 2.75) is 11.5 Å². The van der Waals surface area contributed by atoms with Crippen molar-refractivity contribution in [1.29, 1.82) is 0 Å². The highest BCUT2D eigenvalue weighted by molar-refractivity contribution is 9.10. The number of alkyl halides is 2. The first kappa shape index (κ1) is 15.0. The van der Waals surface area contributed by atoms with Crippen LogP contribution in [0.2, 0.25) is 0 Å². The van der Waals surface area contributed by atoms with E-state index >= 15 is 0 Å². The van der Waals surface area contributed by atoms with Crippen molar-refractivity contribution < 1.29 is 18.7 Å². The molecule has 1 aromatic carbocycles. The third kappa shape index (κ3) is 3.57. The van der Waals surface area contributed by atoms with Gasteiger partial charge in [-0.2, -0.15) is 5.10 Å². The van der Waals surface area contributed by atoms with E-state index in [1.165, 1.54) is 10.7 Å². The van der Waals surface area contributed by atoms with Crippen molar-refractivity contribution in [2.75, 3.05) is 5.75 Å². The van der Waals surface area contributed by atoms with Crippen molar-refractivity contribution in [3.63, 3.8) is 0 Å². The van der Waals surface area contributed by atoms with Crippen molar-refractivity contribution in [2.24, 2.45) is 0 Å². The van der Waals surface area contributed by atoms with Gasteiger partial charge in [0.2, 0.25) is 0 Å². The van der Waals surface area contributed by atoms with Gasteiger partial charge in [0.1, 0.15) is 10.7 Å². The molecule has 0 aliphatic rings. The molecule has 0 atom stereocenters. The Hall–Kier alpha value is -1.41. The molecule has 0 spiro atoms. The van der Waals surface area contributed by atoms with Crippen LogP contribution in [0.25, 0.3) is 5.69 Å². The monoisotopic (exact) mass is 362 g/mol. The Morgan fingerprint density at radius 3 is 2.60 bits per heavy atom. The van der Waals surface area contributed by atoms with E-state index < -0.39 is 12.4 Å². The Bertz CT molecular complexity index is 616. The fourth-order valence-corrected chi connectivity index (χ4v) is 2.50. The van der Waals surface area contributed by atoms with E-state index in [0.717, 1.165) is 16.2 Å². The van der Waals surface area contributed by atoms with E-state index in [1.807, 2.05) is 0 Å². The largest absolute Gasteiger partial charge is 0.481 e. The van der Waals surface area contributed by atoms with Gasteiger partial charge in [-0.25, -0.2) is 13.5 Å². The minimum Gasteiger partial charge on any atom is -0.481 e. The maximum atomic E-state index is 12.7. The zero-order chi connectivity index (χ0) is 14.7. The second kappa shape index (κ2) is 6.36. The molecule has 0 bridgehead atoms. The van der Waals surface area contributed by atoms with Crippen LogP contribution in [0.15, 0.2) is 39.8 Å². The molecule has 0 fully saturated rings. The molecule has 4 nitrogen and oxygen atoms in total. The second-order valence-corrected chi connectivity index (χ2v) is 5.69. The third-order valence-corrected chi connectivity index (χ3v) is 3.84. The van der Waals surface area contributed by atoms with Crippen LogP contribution in [-0.4, -0.2) is 26.6 Å². The van der Waals surface area contributed by atoms with E-state index in [-0.39, 0.29) is 11.4 Å². The number of hydrogen-bond acceptors (Lipinski definition) is 3. The molecule has 1 N–H and O–H groups in total. The summed E-state index contributed by atoms with van der Waals surface area (Å²) in [6.45, 7) is 0. The number of halogens is 3. The summed E-state index contributed by atoms with van der Waals surface area (Å²) in [7, 11) is 0. The Morgan fingerprint density at radius 2 is 2.05 bits per heavy atom. The van der Waals surface area contributed by atoms with Crippen LogP contribution in [-0.2, 0) is 4.79 Å². The van der Waals surface area contributed by atoms with Crippen molar-refractivity contribution >= 4 is 33.7 Å². The fourth-order valence-electron chi connectivity index (χ4n) is 1.49. The van der Waals surface area contributed by atoms with Gasteiger partial charge in [-0.1, -0.05) is 27.7 Å². The number of carboxylic acids is 1. The van der Waals surface area contributed by atoms with Gasteiger partial charge in [0.25, 0.3) is 6.43 Å². The Morgan fingerprint density at radius 1 is 1.40 bits per heavy atom. The van der Waals surface area contributed by atoms with Crippen LogP contribution in [0.1, 0.15) is 12.1 Å². The molecule has 0 saturated carbocycles. The van der Waals surface area contributed by atoms with E-state index in [0.29, 0.717) is 10.7 Å². The molecule has 0 aliphatic carbocycles. The van der Waals surface area contributed by atoms with E-state index in [9.17, 15) is 13.6 Å². The van der Waals surface area contributed by atoms with Crippen LogP contribution < -0.4 is 0 Å². The first-order valence-corrected chi connectivity index (χ1v) is 7.24. The number of rotatable bonds is 5. The number of carboxylic acid groups (broad SMARTS) is 1. The van der Waals surface area contributed by atoms with Gasteiger partial charge in [0.15, 0.2) is 0 Å². The van der Waals surface area contributed by atoms with E-state index in [1.54, 1.807) is 24.3 Å². The Kier molecular flexibility index (Phi) is 4.77. The van der Waals surface area contributed by atoms with Crippen LogP contribution in [0, 0.1) is 0 Å². The number of nitrogens with zero attached hydrogens (tertiary/aromatic N) is 2. The van der Waals surface area contributed by atoms with Crippen LogP contribution >= 0.6 is 27.7 Å². The van der Waals surface area contributed by atoms with Crippen LogP contribution in [0.5, 0.6) is 0 Å².